The lowest BCUT2D eigenvalue weighted by molar-refractivity contribution is 0.226. The van der Waals surface area contributed by atoms with Gasteiger partial charge in [0.15, 0.2) is 0 Å². The highest BCUT2D eigenvalue weighted by atomic mass is 35.5. The van der Waals surface area contributed by atoms with Crippen molar-refractivity contribution in [3.05, 3.63) is 29.8 Å². The van der Waals surface area contributed by atoms with Crippen molar-refractivity contribution >= 4 is 11.6 Å². The van der Waals surface area contributed by atoms with Crippen molar-refractivity contribution in [1.29, 1.82) is 0 Å². The van der Waals surface area contributed by atoms with Crippen molar-refractivity contribution in [2.24, 2.45) is 5.92 Å². The molecule has 0 spiro atoms. The van der Waals surface area contributed by atoms with Crippen LogP contribution in [-0.4, -0.2) is 24.6 Å². The van der Waals surface area contributed by atoms with Crippen LogP contribution < -0.4 is 10.1 Å². The highest BCUT2D eigenvalue weighted by Gasteiger charge is 2.22. The first-order chi connectivity index (χ1) is 9.24. The molecule has 0 saturated carbocycles. The number of ether oxygens (including phenoxy) is 1. The molecule has 0 amide bonds. The molecular formula is C16H24ClNO. The van der Waals surface area contributed by atoms with Crippen molar-refractivity contribution in [3.8, 4) is 5.75 Å². The molecule has 1 aliphatic rings. The third-order valence-electron chi connectivity index (χ3n) is 3.99. The Kier molecular flexibility index (Phi) is 5.53. The van der Waals surface area contributed by atoms with Crippen molar-refractivity contribution in [1.82, 2.24) is 5.32 Å². The monoisotopic (exact) mass is 281 g/mol. The maximum absolute atomic E-state index is 6.42. The zero-order valence-corrected chi connectivity index (χ0v) is 12.6. The Labute approximate surface area is 121 Å². The van der Waals surface area contributed by atoms with Crippen LogP contribution in [-0.2, 0) is 6.42 Å². The van der Waals surface area contributed by atoms with E-state index in [0.29, 0.717) is 5.92 Å². The highest BCUT2D eigenvalue weighted by molar-refractivity contribution is 6.21. The third-order valence-corrected chi connectivity index (χ3v) is 4.50. The molecule has 0 radical (unpaired) electrons. The average Bonchev–Trinajstić information content (AvgIpc) is 2.82. The van der Waals surface area contributed by atoms with Crippen LogP contribution in [0.4, 0.5) is 0 Å². The Hall–Kier alpha value is -0.730. The second kappa shape index (κ2) is 7.16. The van der Waals surface area contributed by atoms with Crippen LogP contribution in [0.15, 0.2) is 24.3 Å². The molecule has 0 saturated heterocycles. The molecule has 1 N–H and O–H groups in total. The predicted octanol–water partition coefficient (Wildman–Crippen LogP) is 3.62. The van der Waals surface area contributed by atoms with E-state index in [0.717, 1.165) is 38.1 Å². The Balaban J connectivity index is 1.71. The lowest BCUT2D eigenvalue weighted by atomic mass is 9.99. The summed E-state index contributed by atoms with van der Waals surface area (Å²) in [5.74, 6) is 1.65. The van der Waals surface area contributed by atoms with Crippen molar-refractivity contribution < 1.29 is 4.74 Å². The van der Waals surface area contributed by atoms with Crippen LogP contribution >= 0.6 is 11.6 Å². The largest absolute Gasteiger partial charge is 0.488 e. The van der Waals surface area contributed by atoms with E-state index in [1.54, 1.807) is 0 Å². The molecule has 2 nitrogen and oxygen atoms in total. The number of alkyl halides is 1. The molecule has 3 heteroatoms. The number of hydrogen-bond donors (Lipinski definition) is 1. The minimum absolute atomic E-state index is 0.221. The average molecular weight is 282 g/mol. The maximum atomic E-state index is 6.42. The van der Waals surface area contributed by atoms with Crippen LogP contribution in [0.5, 0.6) is 5.75 Å². The summed E-state index contributed by atoms with van der Waals surface area (Å²) in [6.45, 7) is 6.16. The first-order valence-corrected chi connectivity index (χ1v) is 7.77. The normalized spacial score (nSPS) is 19.3. The summed E-state index contributed by atoms with van der Waals surface area (Å²) in [4.78, 5) is 0. The Morgan fingerprint density at radius 2 is 2.05 bits per heavy atom. The lowest BCUT2D eigenvalue weighted by Gasteiger charge is -2.20. The van der Waals surface area contributed by atoms with E-state index in [-0.39, 0.29) is 11.5 Å². The van der Waals surface area contributed by atoms with Gasteiger partial charge in [0.25, 0.3) is 0 Å². The quantitative estimate of drug-likeness (QED) is 0.771. The standard InChI is InChI=1S/C16H24ClNO/c1-3-12(4-2)15(17)11-18-10-14-9-13-7-5-6-8-16(13)19-14/h5-8,12,14-15,18H,3-4,9-11H2,1-2H3. The second-order valence-electron chi connectivity index (χ2n) is 5.30. The second-order valence-corrected chi connectivity index (χ2v) is 5.86. The van der Waals surface area contributed by atoms with Gasteiger partial charge in [-0.3, -0.25) is 0 Å². The summed E-state index contributed by atoms with van der Waals surface area (Å²) in [6, 6.07) is 8.28. The van der Waals surface area contributed by atoms with Gasteiger partial charge in [-0.1, -0.05) is 44.9 Å². The van der Waals surface area contributed by atoms with E-state index in [1.165, 1.54) is 5.56 Å². The van der Waals surface area contributed by atoms with E-state index < -0.39 is 0 Å². The summed E-state index contributed by atoms with van der Waals surface area (Å²) in [7, 11) is 0. The Morgan fingerprint density at radius 3 is 2.74 bits per heavy atom. The summed E-state index contributed by atoms with van der Waals surface area (Å²) in [6.07, 6.45) is 3.55. The van der Waals surface area contributed by atoms with Crippen molar-refractivity contribution in [2.45, 2.75) is 44.6 Å². The number of para-hydroxylation sites is 1. The Morgan fingerprint density at radius 1 is 1.32 bits per heavy atom. The van der Waals surface area contributed by atoms with Gasteiger partial charge in [0, 0.05) is 24.9 Å². The highest BCUT2D eigenvalue weighted by Crippen LogP contribution is 2.27. The topological polar surface area (TPSA) is 21.3 Å². The molecule has 106 valence electrons. The van der Waals surface area contributed by atoms with E-state index in [2.05, 4.69) is 31.3 Å². The molecule has 0 aliphatic carbocycles. The Bertz CT molecular complexity index is 367. The van der Waals surface area contributed by atoms with Crippen LogP contribution in [0, 0.1) is 5.92 Å². The molecule has 1 heterocycles. The third kappa shape index (κ3) is 3.87. The van der Waals surface area contributed by atoms with Crippen molar-refractivity contribution in [2.75, 3.05) is 13.1 Å². The molecule has 1 aromatic rings. The van der Waals surface area contributed by atoms with Gasteiger partial charge in [-0.05, 0) is 17.5 Å². The summed E-state index contributed by atoms with van der Waals surface area (Å²) in [5, 5.41) is 3.68. The fourth-order valence-electron chi connectivity index (χ4n) is 2.72. The first-order valence-electron chi connectivity index (χ1n) is 7.33. The van der Waals surface area contributed by atoms with E-state index in [4.69, 9.17) is 16.3 Å². The summed E-state index contributed by atoms with van der Waals surface area (Å²) in [5.41, 5.74) is 1.32. The molecule has 2 unspecified atom stereocenters. The molecule has 0 aromatic heterocycles. The summed E-state index contributed by atoms with van der Waals surface area (Å²) >= 11 is 6.42. The van der Waals surface area contributed by atoms with Gasteiger partial charge < -0.3 is 10.1 Å². The molecule has 2 atom stereocenters. The molecular weight excluding hydrogens is 258 g/mol. The fourth-order valence-corrected chi connectivity index (χ4v) is 3.18. The number of benzene rings is 1. The number of fused-ring (bicyclic) bond motifs is 1. The maximum Gasteiger partial charge on any atom is 0.123 e. The van der Waals surface area contributed by atoms with Gasteiger partial charge in [0.05, 0.1) is 0 Å². The molecule has 19 heavy (non-hydrogen) atoms. The van der Waals surface area contributed by atoms with E-state index >= 15 is 0 Å². The van der Waals surface area contributed by atoms with Gasteiger partial charge >= 0.3 is 0 Å². The number of rotatable bonds is 7. The number of nitrogens with one attached hydrogen (secondary N) is 1. The zero-order chi connectivity index (χ0) is 13.7. The van der Waals surface area contributed by atoms with Crippen LogP contribution in [0.3, 0.4) is 0 Å². The van der Waals surface area contributed by atoms with Gasteiger partial charge in [0.1, 0.15) is 11.9 Å². The fraction of sp³-hybridized carbons (Fsp3) is 0.625. The number of hydrogen-bond acceptors (Lipinski definition) is 2. The van der Waals surface area contributed by atoms with Crippen molar-refractivity contribution in [3.63, 3.8) is 0 Å². The lowest BCUT2D eigenvalue weighted by Crippen LogP contribution is -2.35. The molecule has 1 aliphatic heterocycles. The van der Waals surface area contributed by atoms with E-state index in [1.807, 2.05) is 12.1 Å². The number of halogens is 1. The molecule has 1 aromatic carbocycles. The van der Waals surface area contributed by atoms with Gasteiger partial charge in [-0.15, -0.1) is 11.6 Å². The zero-order valence-electron chi connectivity index (χ0n) is 11.9. The molecule has 2 rings (SSSR count). The smallest absolute Gasteiger partial charge is 0.123 e. The van der Waals surface area contributed by atoms with E-state index in [9.17, 15) is 0 Å². The van der Waals surface area contributed by atoms with Crippen LogP contribution in [0.2, 0.25) is 0 Å². The minimum Gasteiger partial charge on any atom is -0.488 e. The predicted molar refractivity (Wildman–Crippen MR) is 81.1 cm³/mol. The summed E-state index contributed by atoms with van der Waals surface area (Å²) < 4.78 is 5.90. The van der Waals surface area contributed by atoms with Gasteiger partial charge in [0.2, 0.25) is 0 Å². The van der Waals surface area contributed by atoms with Gasteiger partial charge in [-0.25, -0.2) is 0 Å². The van der Waals surface area contributed by atoms with Crippen LogP contribution in [0.1, 0.15) is 32.3 Å². The molecule has 0 fully saturated rings. The minimum atomic E-state index is 0.221. The first kappa shape index (κ1) is 14.7. The van der Waals surface area contributed by atoms with Gasteiger partial charge in [-0.2, -0.15) is 0 Å². The molecule has 0 bridgehead atoms. The SMILES string of the molecule is CCC(CC)C(Cl)CNCC1Cc2ccccc2O1. The van der Waals surface area contributed by atoms with Crippen LogP contribution in [0.25, 0.3) is 0 Å².